The summed E-state index contributed by atoms with van der Waals surface area (Å²) in [7, 11) is 1.99. The molecule has 0 saturated carbocycles. The maximum atomic E-state index is 12.1. The molecular formula is C16H25N3O2. The maximum absolute atomic E-state index is 12.1. The van der Waals surface area contributed by atoms with Crippen LogP contribution in [0, 0.1) is 12.8 Å². The minimum Gasteiger partial charge on any atom is -0.399 e. The highest BCUT2D eigenvalue weighted by molar-refractivity contribution is 5.93. The van der Waals surface area contributed by atoms with Gasteiger partial charge >= 0.3 is 0 Å². The number of benzene rings is 1. The fraction of sp³-hybridized carbons (Fsp3) is 0.562. The van der Waals surface area contributed by atoms with Crippen molar-refractivity contribution < 1.29 is 9.53 Å². The number of nitrogen functional groups attached to an aromatic ring is 1. The third-order valence-electron chi connectivity index (χ3n) is 3.86. The van der Waals surface area contributed by atoms with Gasteiger partial charge in [-0.1, -0.05) is 6.07 Å². The lowest BCUT2D eigenvalue weighted by Crippen LogP contribution is -2.35. The number of rotatable bonds is 5. The fourth-order valence-electron chi connectivity index (χ4n) is 2.64. The average Bonchev–Trinajstić information content (AvgIpc) is 2.43. The number of aryl methyl sites for hydroxylation is 1. The fourth-order valence-corrected chi connectivity index (χ4v) is 2.64. The van der Waals surface area contributed by atoms with Crippen molar-refractivity contribution in [2.45, 2.75) is 19.8 Å². The number of carbonyl (C=O) groups excluding carboxylic acids is 1. The first-order valence-corrected chi connectivity index (χ1v) is 7.47. The summed E-state index contributed by atoms with van der Waals surface area (Å²) in [5, 5.41) is 2.93. The molecule has 5 heteroatoms. The van der Waals surface area contributed by atoms with Gasteiger partial charge in [-0.2, -0.15) is 0 Å². The van der Waals surface area contributed by atoms with Crippen LogP contribution < -0.4 is 11.1 Å². The van der Waals surface area contributed by atoms with Crippen LogP contribution in [0.15, 0.2) is 18.2 Å². The number of hydrogen-bond acceptors (Lipinski definition) is 4. The molecule has 0 spiro atoms. The quantitative estimate of drug-likeness (QED) is 0.813. The van der Waals surface area contributed by atoms with Gasteiger partial charge in [0.2, 0.25) is 5.91 Å². The third-order valence-corrected chi connectivity index (χ3v) is 3.86. The zero-order chi connectivity index (χ0) is 15.2. The molecule has 2 rings (SSSR count). The number of anilines is 2. The van der Waals surface area contributed by atoms with Gasteiger partial charge in [0, 0.05) is 31.1 Å². The molecule has 0 aliphatic carbocycles. The van der Waals surface area contributed by atoms with Crippen LogP contribution in [0.4, 0.5) is 11.4 Å². The van der Waals surface area contributed by atoms with Crippen LogP contribution in [-0.4, -0.2) is 44.2 Å². The molecular weight excluding hydrogens is 266 g/mol. The molecule has 3 N–H and O–H groups in total. The number of likely N-dealkylation sites (N-methyl/N-ethyl adjacent to an activating group) is 1. The molecule has 116 valence electrons. The summed E-state index contributed by atoms with van der Waals surface area (Å²) in [6, 6.07) is 5.55. The van der Waals surface area contributed by atoms with Crippen LogP contribution >= 0.6 is 0 Å². The molecule has 1 aliphatic heterocycles. The van der Waals surface area contributed by atoms with Crippen molar-refractivity contribution >= 4 is 17.3 Å². The van der Waals surface area contributed by atoms with Crippen LogP contribution in [0.5, 0.6) is 0 Å². The lowest BCUT2D eigenvalue weighted by Gasteiger charge is -2.26. The third kappa shape index (κ3) is 5.02. The Balaban J connectivity index is 1.81. The van der Waals surface area contributed by atoms with Gasteiger partial charge in [0.15, 0.2) is 0 Å². The molecule has 1 aliphatic rings. The Kier molecular flexibility index (Phi) is 5.59. The van der Waals surface area contributed by atoms with Gasteiger partial charge < -0.3 is 15.8 Å². The van der Waals surface area contributed by atoms with E-state index in [-0.39, 0.29) is 5.91 Å². The smallest absolute Gasteiger partial charge is 0.238 e. The normalized spacial score (nSPS) is 16.1. The Labute approximate surface area is 126 Å². The van der Waals surface area contributed by atoms with Crippen LogP contribution in [0.1, 0.15) is 18.4 Å². The van der Waals surface area contributed by atoms with Gasteiger partial charge in [0.05, 0.1) is 6.54 Å². The minimum atomic E-state index is -0.00161. The Bertz CT molecular complexity index is 484. The first-order valence-electron chi connectivity index (χ1n) is 7.47. The Morgan fingerprint density at radius 1 is 1.43 bits per heavy atom. The van der Waals surface area contributed by atoms with E-state index < -0.39 is 0 Å². The van der Waals surface area contributed by atoms with Gasteiger partial charge in [-0.25, -0.2) is 0 Å². The monoisotopic (exact) mass is 291 g/mol. The number of amides is 1. The van der Waals surface area contributed by atoms with Crippen molar-refractivity contribution in [3.05, 3.63) is 23.8 Å². The SMILES string of the molecule is Cc1ccc(N)cc1NC(=O)CN(C)CC1CCOCC1. The van der Waals surface area contributed by atoms with Gasteiger partial charge in [0.1, 0.15) is 0 Å². The Morgan fingerprint density at radius 3 is 2.86 bits per heavy atom. The van der Waals surface area contributed by atoms with Crippen LogP contribution in [-0.2, 0) is 9.53 Å². The summed E-state index contributed by atoms with van der Waals surface area (Å²) >= 11 is 0. The molecule has 0 aromatic heterocycles. The van der Waals surface area contributed by atoms with E-state index in [1.54, 1.807) is 6.07 Å². The van der Waals surface area contributed by atoms with E-state index in [4.69, 9.17) is 10.5 Å². The standard InChI is InChI=1S/C16H25N3O2/c1-12-3-4-14(17)9-15(12)18-16(20)11-19(2)10-13-5-7-21-8-6-13/h3-4,9,13H,5-8,10-11,17H2,1-2H3,(H,18,20). The van der Waals surface area contributed by atoms with Gasteiger partial charge in [-0.05, 0) is 50.4 Å². The Hall–Kier alpha value is -1.59. The first-order chi connectivity index (χ1) is 10.0. The lowest BCUT2D eigenvalue weighted by molar-refractivity contribution is -0.117. The van der Waals surface area contributed by atoms with E-state index in [2.05, 4.69) is 10.2 Å². The molecule has 5 nitrogen and oxygen atoms in total. The number of nitrogens with zero attached hydrogens (tertiary/aromatic N) is 1. The zero-order valence-electron chi connectivity index (χ0n) is 12.9. The highest BCUT2D eigenvalue weighted by Crippen LogP contribution is 2.18. The minimum absolute atomic E-state index is 0.00161. The molecule has 0 radical (unpaired) electrons. The van der Waals surface area contributed by atoms with Crippen molar-refractivity contribution in [1.29, 1.82) is 0 Å². The summed E-state index contributed by atoms with van der Waals surface area (Å²) in [6.07, 6.45) is 2.17. The van der Waals surface area contributed by atoms with Gasteiger partial charge in [-0.15, -0.1) is 0 Å². The van der Waals surface area contributed by atoms with Crippen LogP contribution in [0.2, 0.25) is 0 Å². The molecule has 1 saturated heterocycles. The zero-order valence-corrected chi connectivity index (χ0v) is 12.9. The second-order valence-electron chi connectivity index (χ2n) is 5.88. The second kappa shape index (κ2) is 7.43. The lowest BCUT2D eigenvalue weighted by atomic mass is 10.00. The predicted molar refractivity (Wildman–Crippen MR) is 85.3 cm³/mol. The van der Waals surface area contributed by atoms with E-state index in [0.717, 1.165) is 43.9 Å². The van der Waals surface area contributed by atoms with Crippen LogP contribution in [0.25, 0.3) is 0 Å². The van der Waals surface area contributed by atoms with E-state index >= 15 is 0 Å². The van der Waals surface area contributed by atoms with Gasteiger partial charge in [0.25, 0.3) is 0 Å². The summed E-state index contributed by atoms with van der Waals surface area (Å²) in [4.78, 5) is 14.2. The molecule has 21 heavy (non-hydrogen) atoms. The number of hydrogen-bond donors (Lipinski definition) is 2. The Morgan fingerprint density at radius 2 is 2.14 bits per heavy atom. The number of carbonyl (C=O) groups is 1. The highest BCUT2D eigenvalue weighted by atomic mass is 16.5. The van der Waals surface area contributed by atoms with E-state index in [9.17, 15) is 4.79 Å². The van der Waals surface area contributed by atoms with E-state index in [1.807, 2.05) is 26.1 Å². The molecule has 0 bridgehead atoms. The molecule has 1 fully saturated rings. The molecule has 1 aromatic carbocycles. The number of ether oxygens (including phenoxy) is 1. The van der Waals surface area contributed by atoms with Crippen molar-refractivity contribution in [3.63, 3.8) is 0 Å². The molecule has 0 atom stereocenters. The number of nitrogens with one attached hydrogen (secondary N) is 1. The largest absolute Gasteiger partial charge is 0.399 e. The predicted octanol–water partition coefficient (Wildman–Crippen LogP) is 1.87. The first kappa shape index (κ1) is 15.8. The summed E-state index contributed by atoms with van der Waals surface area (Å²) in [5.41, 5.74) is 8.22. The average molecular weight is 291 g/mol. The van der Waals surface area contributed by atoms with E-state index in [1.165, 1.54) is 0 Å². The highest BCUT2D eigenvalue weighted by Gasteiger charge is 2.17. The molecule has 1 heterocycles. The van der Waals surface area contributed by atoms with Crippen molar-refractivity contribution in [2.75, 3.05) is 44.4 Å². The van der Waals surface area contributed by atoms with Crippen molar-refractivity contribution in [2.24, 2.45) is 5.92 Å². The topological polar surface area (TPSA) is 67.6 Å². The molecule has 1 amide bonds. The summed E-state index contributed by atoms with van der Waals surface area (Å²) < 4.78 is 5.36. The number of nitrogens with two attached hydrogens (primary N) is 1. The molecule has 0 unspecified atom stereocenters. The van der Waals surface area contributed by atoms with Crippen molar-refractivity contribution in [1.82, 2.24) is 4.90 Å². The summed E-state index contributed by atoms with van der Waals surface area (Å²) in [6.45, 7) is 4.97. The molecule has 1 aromatic rings. The summed E-state index contributed by atoms with van der Waals surface area (Å²) in [5.74, 6) is 0.629. The maximum Gasteiger partial charge on any atom is 0.238 e. The second-order valence-corrected chi connectivity index (χ2v) is 5.88. The van der Waals surface area contributed by atoms with E-state index in [0.29, 0.717) is 18.2 Å². The van der Waals surface area contributed by atoms with Crippen molar-refractivity contribution in [3.8, 4) is 0 Å². The van der Waals surface area contributed by atoms with Crippen LogP contribution in [0.3, 0.4) is 0 Å². The van der Waals surface area contributed by atoms with Gasteiger partial charge in [-0.3, -0.25) is 9.69 Å².